The van der Waals surface area contributed by atoms with Crippen LogP contribution in [0.25, 0.3) is 10.7 Å². The second kappa shape index (κ2) is 7.76. The summed E-state index contributed by atoms with van der Waals surface area (Å²) in [5.41, 5.74) is 1.20. The smallest absolute Gasteiger partial charge is 0.242 e. The molecule has 0 saturated carbocycles. The number of aromatic nitrogens is 3. The topological polar surface area (TPSA) is 62.7 Å². The fourth-order valence-corrected chi connectivity index (χ4v) is 3.66. The maximum absolute atomic E-state index is 12.6. The molecule has 0 saturated heterocycles. The zero-order chi connectivity index (χ0) is 17.8. The summed E-state index contributed by atoms with van der Waals surface area (Å²) in [6.45, 7) is 4.51. The van der Waals surface area contributed by atoms with Gasteiger partial charge in [0.15, 0.2) is 10.6 Å². The normalized spacial score (nSPS) is 13.4. The number of H-pyrrole nitrogens is 1. The highest BCUT2D eigenvalue weighted by molar-refractivity contribution is 7.71. The van der Waals surface area contributed by atoms with E-state index < -0.39 is 6.04 Å². The number of nitrogens with zero attached hydrogens (tertiary/aromatic N) is 2. The van der Waals surface area contributed by atoms with Crippen LogP contribution in [0.2, 0.25) is 0 Å². The Hall–Kier alpha value is -2.25. The molecule has 3 rings (SSSR count). The lowest BCUT2D eigenvalue weighted by Gasteiger charge is -2.18. The summed E-state index contributed by atoms with van der Waals surface area (Å²) in [6.07, 6.45) is 0. The van der Waals surface area contributed by atoms with Gasteiger partial charge in [0.2, 0.25) is 5.91 Å². The van der Waals surface area contributed by atoms with Crippen LogP contribution in [0, 0.1) is 4.77 Å². The fraction of sp³-hybridized carbons (Fsp3) is 0.278. The van der Waals surface area contributed by atoms with E-state index in [-0.39, 0.29) is 11.8 Å². The molecule has 0 fully saturated rings. The predicted molar refractivity (Wildman–Crippen MR) is 103 cm³/mol. The highest BCUT2D eigenvalue weighted by Gasteiger charge is 2.21. The SMILES string of the molecule is C[C@H](CNC(=O)[C@@H](C)n1c(-c2cccs2)n[nH]c1=S)c1ccccc1. The van der Waals surface area contributed by atoms with Gasteiger partial charge < -0.3 is 5.32 Å². The number of nitrogens with one attached hydrogen (secondary N) is 2. The van der Waals surface area contributed by atoms with Crippen molar-refractivity contribution in [2.24, 2.45) is 0 Å². The van der Waals surface area contributed by atoms with Gasteiger partial charge in [0, 0.05) is 6.54 Å². The molecule has 2 atom stereocenters. The second-order valence-corrected chi connectivity index (χ2v) is 7.27. The van der Waals surface area contributed by atoms with Crippen LogP contribution in [-0.4, -0.2) is 27.2 Å². The summed E-state index contributed by atoms with van der Waals surface area (Å²) in [6, 6.07) is 13.6. The minimum Gasteiger partial charge on any atom is -0.354 e. The van der Waals surface area contributed by atoms with Crippen molar-refractivity contribution in [3.63, 3.8) is 0 Å². The lowest BCUT2D eigenvalue weighted by molar-refractivity contribution is -0.123. The van der Waals surface area contributed by atoms with E-state index in [2.05, 4.69) is 34.6 Å². The molecule has 2 aromatic heterocycles. The van der Waals surface area contributed by atoms with Crippen molar-refractivity contribution in [3.8, 4) is 10.7 Å². The maximum Gasteiger partial charge on any atom is 0.242 e. The first kappa shape index (κ1) is 17.6. The first-order chi connectivity index (χ1) is 12.1. The van der Waals surface area contributed by atoms with Crippen LogP contribution in [0.4, 0.5) is 0 Å². The van der Waals surface area contributed by atoms with Crippen LogP contribution >= 0.6 is 23.6 Å². The number of hydrogen-bond donors (Lipinski definition) is 2. The summed E-state index contributed by atoms with van der Waals surface area (Å²) in [4.78, 5) is 13.6. The van der Waals surface area contributed by atoms with E-state index in [1.165, 1.54) is 5.56 Å². The van der Waals surface area contributed by atoms with Gasteiger partial charge in [-0.25, -0.2) is 0 Å². The van der Waals surface area contributed by atoms with Crippen molar-refractivity contribution in [1.82, 2.24) is 20.1 Å². The molecule has 0 spiro atoms. The number of carbonyl (C=O) groups excluding carboxylic acids is 1. The minimum atomic E-state index is -0.439. The van der Waals surface area contributed by atoms with Crippen molar-refractivity contribution in [2.75, 3.05) is 6.54 Å². The number of rotatable bonds is 6. The van der Waals surface area contributed by atoms with E-state index in [1.54, 1.807) is 15.9 Å². The Morgan fingerprint density at radius 1 is 1.28 bits per heavy atom. The number of thiophene rings is 1. The van der Waals surface area contributed by atoms with Crippen LogP contribution in [-0.2, 0) is 4.79 Å². The molecular weight excluding hydrogens is 352 g/mol. The Kier molecular flexibility index (Phi) is 5.45. The summed E-state index contributed by atoms with van der Waals surface area (Å²) < 4.78 is 2.21. The molecule has 2 N–H and O–H groups in total. The first-order valence-corrected chi connectivity index (χ1v) is 9.40. The summed E-state index contributed by atoms with van der Waals surface area (Å²) >= 11 is 6.89. The van der Waals surface area contributed by atoms with E-state index in [1.807, 2.05) is 42.6 Å². The van der Waals surface area contributed by atoms with Crippen LogP contribution < -0.4 is 5.32 Å². The molecule has 0 unspecified atom stereocenters. The van der Waals surface area contributed by atoms with E-state index in [0.717, 1.165) is 4.88 Å². The zero-order valence-electron chi connectivity index (χ0n) is 14.1. The number of amides is 1. The van der Waals surface area contributed by atoms with Crippen molar-refractivity contribution in [1.29, 1.82) is 0 Å². The van der Waals surface area contributed by atoms with Gasteiger partial charge in [0.25, 0.3) is 0 Å². The number of hydrogen-bond acceptors (Lipinski definition) is 4. The second-order valence-electron chi connectivity index (χ2n) is 5.93. The standard InChI is InChI=1S/C18H20N4OS2/c1-12(14-7-4-3-5-8-14)11-19-17(23)13(2)22-16(20-21-18(22)24)15-9-6-10-25-15/h3-10,12-13H,11H2,1-2H3,(H,19,23)(H,21,24)/t12-,13-/m1/s1. The Morgan fingerprint density at radius 3 is 2.72 bits per heavy atom. The fourth-order valence-electron chi connectivity index (χ4n) is 2.66. The van der Waals surface area contributed by atoms with Gasteiger partial charge in [-0.3, -0.25) is 14.5 Å². The molecule has 2 heterocycles. The molecule has 130 valence electrons. The molecule has 0 radical (unpaired) electrons. The Balaban J connectivity index is 1.71. The summed E-state index contributed by atoms with van der Waals surface area (Å²) in [5, 5.41) is 12.1. The monoisotopic (exact) mass is 372 g/mol. The van der Waals surface area contributed by atoms with Gasteiger partial charge in [-0.2, -0.15) is 5.10 Å². The van der Waals surface area contributed by atoms with Crippen LogP contribution in [0.15, 0.2) is 47.8 Å². The average molecular weight is 373 g/mol. The van der Waals surface area contributed by atoms with Crippen molar-refractivity contribution in [2.45, 2.75) is 25.8 Å². The van der Waals surface area contributed by atoms with Crippen LogP contribution in [0.5, 0.6) is 0 Å². The van der Waals surface area contributed by atoms with Gasteiger partial charge >= 0.3 is 0 Å². The molecule has 0 bridgehead atoms. The molecule has 0 aliphatic carbocycles. The van der Waals surface area contributed by atoms with E-state index in [0.29, 0.717) is 17.1 Å². The third-order valence-electron chi connectivity index (χ3n) is 4.16. The molecule has 1 aromatic carbocycles. The molecule has 0 aliphatic heterocycles. The third kappa shape index (κ3) is 3.88. The molecule has 0 aliphatic rings. The number of benzene rings is 1. The highest BCUT2D eigenvalue weighted by Crippen LogP contribution is 2.25. The zero-order valence-corrected chi connectivity index (χ0v) is 15.7. The Morgan fingerprint density at radius 2 is 2.04 bits per heavy atom. The van der Waals surface area contributed by atoms with Crippen LogP contribution in [0.3, 0.4) is 0 Å². The third-order valence-corrected chi connectivity index (χ3v) is 5.32. The van der Waals surface area contributed by atoms with E-state index in [4.69, 9.17) is 12.2 Å². The maximum atomic E-state index is 12.6. The van der Waals surface area contributed by atoms with Gasteiger partial charge in [-0.05, 0) is 42.1 Å². The average Bonchev–Trinajstić information content (AvgIpc) is 3.28. The van der Waals surface area contributed by atoms with E-state index in [9.17, 15) is 4.79 Å². The quantitative estimate of drug-likeness (QED) is 0.639. The molecule has 25 heavy (non-hydrogen) atoms. The molecule has 5 nitrogen and oxygen atoms in total. The van der Waals surface area contributed by atoms with Crippen molar-refractivity contribution in [3.05, 3.63) is 58.2 Å². The van der Waals surface area contributed by atoms with Gasteiger partial charge in [0.1, 0.15) is 6.04 Å². The van der Waals surface area contributed by atoms with Gasteiger partial charge in [0.05, 0.1) is 4.88 Å². The minimum absolute atomic E-state index is 0.0712. The molecule has 3 aromatic rings. The summed E-state index contributed by atoms with van der Waals surface area (Å²) in [5.74, 6) is 0.864. The lowest BCUT2D eigenvalue weighted by Crippen LogP contribution is -2.33. The van der Waals surface area contributed by atoms with E-state index >= 15 is 0 Å². The first-order valence-electron chi connectivity index (χ1n) is 8.11. The summed E-state index contributed by atoms with van der Waals surface area (Å²) in [7, 11) is 0. The van der Waals surface area contributed by atoms with Gasteiger partial charge in [-0.1, -0.05) is 43.3 Å². The largest absolute Gasteiger partial charge is 0.354 e. The van der Waals surface area contributed by atoms with Crippen molar-refractivity contribution >= 4 is 29.5 Å². The van der Waals surface area contributed by atoms with Gasteiger partial charge in [-0.15, -0.1) is 11.3 Å². The Labute approximate surface area is 155 Å². The molecule has 1 amide bonds. The van der Waals surface area contributed by atoms with Crippen LogP contribution in [0.1, 0.15) is 31.4 Å². The number of aromatic amines is 1. The Bertz CT molecular complexity index is 883. The predicted octanol–water partition coefficient (Wildman–Crippen LogP) is 4.15. The van der Waals surface area contributed by atoms with Crippen molar-refractivity contribution < 1.29 is 4.79 Å². The lowest BCUT2D eigenvalue weighted by atomic mass is 10.0. The molecular formula is C18H20N4OS2. The number of carbonyl (C=O) groups is 1. The molecule has 7 heteroatoms. The highest BCUT2D eigenvalue weighted by atomic mass is 32.1.